The van der Waals surface area contributed by atoms with Gasteiger partial charge in [0.2, 0.25) is 5.91 Å². The molecule has 8 heteroatoms. The van der Waals surface area contributed by atoms with Crippen LogP contribution in [0.2, 0.25) is 0 Å². The molecule has 2 aromatic heterocycles. The van der Waals surface area contributed by atoms with Crippen LogP contribution in [-0.4, -0.2) is 40.3 Å². The van der Waals surface area contributed by atoms with Crippen molar-refractivity contribution in [2.45, 2.75) is 11.7 Å². The summed E-state index contributed by atoms with van der Waals surface area (Å²) in [5.41, 5.74) is 1.54. The minimum Gasteiger partial charge on any atom is -0.496 e. The summed E-state index contributed by atoms with van der Waals surface area (Å²) in [7, 11) is 5.05. The highest BCUT2D eigenvalue weighted by Crippen LogP contribution is 2.22. The van der Waals surface area contributed by atoms with Gasteiger partial charge >= 0.3 is 0 Å². The molecule has 0 unspecified atom stereocenters. The molecular weight excluding hydrogens is 370 g/mol. The number of nitrogens with zero attached hydrogens (tertiary/aromatic N) is 3. The van der Waals surface area contributed by atoms with Crippen molar-refractivity contribution in [3.05, 3.63) is 51.6 Å². The van der Waals surface area contributed by atoms with Crippen LogP contribution in [0.1, 0.15) is 5.56 Å². The van der Waals surface area contributed by atoms with Gasteiger partial charge in [-0.2, -0.15) is 0 Å². The number of fused-ring (bicyclic) bond motifs is 1. The van der Waals surface area contributed by atoms with Crippen molar-refractivity contribution in [2.75, 3.05) is 19.9 Å². The summed E-state index contributed by atoms with van der Waals surface area (Å²) in [4.78, 5) is 30.9. The predicted molar refractivity (Wildman–Crippen MR) is 105 cm³/mol. The number of amides is 1. The van der Waals surface area contributed by atoms with Gasteiger partial charge in [-0.25, -0.2) is 4.98 Å². The first kappa shape index (κ1) is 18.5. The van der Waals surface area contributed by atoms with E-state index in [0.29, 0.717) is 21.9 Å². The SMILES string of the molecule is COc1ccccc1CN(C)C(=O)CSc1nc2ccsc2c(=O)n1C. The number of carbonyl (C=O) groups is 1. The molecule has 136 valence electrons. The Morgan fingerprint density at radius 3 is 2.88 bits per heavy atom. The average Bonchev–Trinajstić information content (AvgIpc) is 3.12. The van der Waals surface area contributed by atoms with Crippen molar-refractivity contribution < 1.29 is 9.53 Å². The molecule has 0 N–H and O–H groups in total. The van der Waals surface area contributed by atoms with Crippen LogP contribution in [-0.2, 0) is 18.4 Å². The molecule has 0 aliphatic rings. The Hall–Kier alpha value is -2.32. The van der Waals surface area contributed by atoms with Crippen LogP contribution in [0.25, 0.3) is 10.2 Å². The second-order valence-corrected chi connectivity index (χ2v) is 7.60. The first-order chi connectivity index (χ1) is 12.5. The fraction of sp³-hybridized carbons (Fsp3) is 0.278. The quantitative estimate of drug-likeness (QED) is 0.479. The van der Waals surface area contributed by atoms with E-state index < -0.39 is 0 Å². The summed E-state index contributed by atoms with van der Waals surface area (Å²) < 4.78 is 7.46. The Labute approximate surface area is 159 Å². The lowest BCUT2D eigenvalue weighted by molar-refractivity contribution is -0.127. The lowest BCUT2D eigenvalue weighted by Crippen LogP contribution is -2.28. The van der Waals surface area contributed by atoms with Crippen LogP contribution >= 0.6 is 23.1 Å². The van der Waals surface area contributed by atoms with Gasteiger partial charge in [0, 0.05) is 26.2 Å². The van der Waals surface area contributed by atoms with E-state index in [1.54, 1.807) is 26.1 Å². The maximum absolute atomic E-state index is 12.5. The van der Waals surface area contributed by atoms with E-state index in [2.05, 4.69) is 4.98 Å². The summed E-state index contributed by atoms with van der Waals surface area (Å²) in [5.74, 6) is 0.925. The number of hydrogen-bond acceptors (Lipinski definition) is 6. The maximum Gasteiger partial charge on any atom is 0.271 e. The van der Waals surface area contributed by atoms with E-state index in [-0.39, 0.29) is 17.2 Å². The van der Waals surface area contributed by atoms with E-state index in [9.17, 15) is 9.59 Å². The van der Waals surface area contributed by atoms with E-state index in [1.165, 1.54) is 27.7 Å². The molecule has 3 aromatic rings. The first-order valence-corrected chi connectivity index (χ1v) is 9.80. The predicted octanol–water partition coefficient (Wildman–Crippen LogP) is 2.75. The molecule has 0 saturated heterocycles. The molecular formula is C18H19N3O3S2. The van der Waals surface area contributed by atoms with Crippen LogP contribution in [0.5, 0.6) is 5.75 Å². The number of thiophene rings is 1. The molecule has 26 heavy (non-hydrogen) atoms. The average molecular weight is 390 g/mol. The second-order valence-electron chi connectivity index (χ2n) is 5.74. The number of thioether (sulfide) groups is 1. The number of benzene rings is 1. The van der Waals surface area contributed by atoms with Gasteiger partial charge in [-0.05, 0) is 17.5 Å². The summed E-state index contributed by atoms with van der Waals surface area (Å²) >= 11 is 2.65. The first-order valence-electron chi connectivity index (χ1n) is 7.94. The van der Waals surface area contributed by atoms with Gasteiger partial charge in [0.15, 0.2) is 5.16 Å². The van der Waals surface area contributed by atoms with Gasteiger partial charge in [-0.3, -0.25) is 14.2 Å². The van der Waals surface area contributed by atoms with E-state index in [0.717, 1.165) is 11.3 Å². The van der Waals surface area contributed by atoms with Crippen LogP contribution in [0.15, 0.2) is 45.7 Å². The smallest absolute Gasteiger partial charge is 0.271 e. The number of aromatic nitrogens is 2. The van der Waals surface area contributed by atoms with Crippen molar-refractivity contribution in [2.24, 2.45) is 7.05 Å². The molecule has 1 aromatic carbocycles. The molecule has 0 fully saturated rings. The lowest BCUT2D eigenvalue weighted by Gasteiger charge is -2.18. The molecule has 3 rings (SSSR count). The number of carbonyl (C=O) groups excluding carboxylic acids is 1. The number of ether oxygens (including phenoxy) is 1. The van der Waals surface area contributed by atoms with Crippen molar-refractivity contribution in [1.29, 1.82) is 0 Å². The van der Waals surface area contributed by atoms with Gasteiger partial charge in [0.05, 0.1) is 18.4 Å². The summed E-state index contributed by atoms with van der Waals surface area (Å²) in [6.45, 7) is 0.458. The zero-order valence-electron chi connectivity index (χ0n) is 14.8. The summed E-state index contributed by atoms with van der Waals surface area (Å²) in [6, 6.07) is 9.44. The fourth-order valence-corrected chi connectivity index (χ4v) is 4.23. The van der Waals surface area contributed by atoms with Crippen molar-refractivity contribution in [1.82, 2.24) is 14.5 Å². The largest absolute Gasteiger partial charge is 0.496 e. The molecule has 0 aliphatic heterocycles. The molecule has 0 bridgehead atoms. The standard InChI is InChI=1S/C18H19N3O3S2/c1-20(10-12-6-4-5-7-14(12)24-3)15(22)11-26-18-19-13-8-9-25-16(13)17(23)21(18)2/h4-9H,10-11H2,1-3H3. The molecule has 0 aliphatic carbocycles. The van der Waals surface area contributed by atoms with E-state index in [4.69, 9.17) is 4.74 Å². The third-order valence-electron chi connectivity index (χ3n) is 4.00. The van der Waals surface area contributed by atoms with Crippen molar-refractivity contribution >= 4 is 39.2 Å². The molecule has 1 amide bonds. The third kappa shape index (κ3) is 3.76. The zero-order valence-corrected chi connectivity index (χ0v) is 16.4. The highest BCUT2D eigenvalue weighted by atomic mass is 32.2. The number of para-hydroxylation sites is 1. The minimum atomic E-state index is -0.0812. The fourth-order valence-electron chi connectivity index (χ4n) is 2.51. The zero-order chi connectivity index (χ0) is 18.7. The summed E-state index contributed by atoms with van der Waals surface area (Å²) in [5, 5.41) is 2.39. The molecule has 6 nitrogen and oxygen atoms in total. The summed E-state index contributed by atoms with van der Waals surface area (Å²) in [6.07, 6.45) is 0. The molecule has 0 saturated carbocycles. The Balaban J connectivity index is 1.69. The Morgan fingerprint density at radius 2 is 2.12 bits per heavy atom. The Morgan fingerprint density at radius 1 is 1.35 bits per heavy atom. The van der Waals surface area contributed by atoms with Gasteiger partial charge in [0.1, 0.15) is 10.4 Å². The normalized spacial score (nSPS) is 10.9. The van der Waals surface area contributed by atoms with Crippen LogP contribution < -0.4 is 10.3 Å². The Kier molecular flexibility index (Phi) is 5.63. The monoisotopic (exact) mass is 389 g/mol. The molecule has 2 heterocycles. The van der Waals surface area contributed by atoms with Crippen LogP contribution in [0.3, 0.4) is 0 Å². The minimum absolute atomic E-state index is 0.0411. The number of hydrogen-bond donors (Lipinski definition) is 0. The highest BCUT2D eigenvalue weighted by Gasteiger charge is 2.15. The van der Waals surface area contributed by atoms with Crippen molar-refractivity contribution in [3.8, 4) is 5.75 Å². The molecule has 0 spiro atoms. The van der Waals surface area contributed by atoms with Crippen LogP contribution in [0.4, 0.5) is 0 Å². The lowest BCUT2D eigenvalue weighted by atomic mass is 10.2. The number of methoxy groups -OCH3 is 1. The van der Waals surface area contributed by atoms with Gasteiger partial charge in [-0.1, -0.05) is 30.0 Å². The van der Waals surface area contributed by atoms with Gasteiger partial charge in [0.25, 0.3) is 5.56 Å². The molecule has 0 radical (unpaired) electrons. The topological polar surface area (TPSA) is 64.4 Å². The van der Waals surface area contributed by atoms with Gasteiger partial charge < -0.3 is 9.64 Å². The Bertz CT molecular complexity index is 997. The van der Waals surface area contributed by atoms with Crippen LogP contribution in [0, 0.1) is 0 Å². The highest BCUT2D eigenvalue weighted by molar-refractivity contribution is 7.99. The van der Waals surface area contributed by atoms with Gasteiger partial charge in [-0.15, -0.1) is 11.3 Å². The second kappa shape index (κ2) is 7.92. The molecule has 0 atom stereocenters. The third-order valence-corrected chi connectivity index (χ3v) is 5.90. The van der Waals surface area contributed by atoms with Crippen molar-refractivity contribution in [3.63, 3.8) is 0 Å². The van der Waals surface area contributed by atoms with E-state index in [1.807, 2.05) is 35.7 Å². The number of rotatable bonds is 6. The maximum atomic E-state index is 12.5. The van der Waals surface area contributed by atoms with E-state index >= 15 is 0 Å².